The van der Waals surface area contributed by atoms with Crippen LogP contribution >= 0.6 is 0 Å². The average molecular weight is 396 g/mol. The molecule has 3 heterocycles. The van der Waals surface area contributed by atoms with E-state index in [1.165, 1.54) is 12.7 Å². The fourth-order valence-electron chi connectivity index (χ4n) is 3.89. The van der Waals surface area contributed by atoms with Gasteiger partial charge in [0.25, 0.3) is 0 Å². The first kappa shape index (κ1) is 18.5. The van der Waals surface area contributed by atoms with E-state index in [0.29, 0.717) is 11.9 Å². The molecule has 30 heavy (non-hydrogen) atoms. The van der Waals surface area contributed by atoms with Gasteiger partial charge in [0.15, 0.2) is 5.65 Å². The molecule has 1 saturated carbocycles. The molecule has 0 spiro atoms. The summed E-state index contributed by atoms with van der Waals surface area (Å²) >= 11 is 0. The predicted octanol–water partition coefficient (Wildman–Crippen LogP) is 5.33. The first-order chi connectivity index (χ1) is 14.7. The second-order valence-corrected chi connectivity index (χ2v) is 7.81. The van der Waals surface area contributed by atoms with E-state index in [9.17, 15) is 0 Å². The van der Waals surface area contributed by atoms with Crippen molar-refractivity contribution < 1.29 is 0 Å². The number of fused-ring (bicyclic) bond motifs is 2. The molecule has 3 aromatic heterocycles. The molecule has 1 fully saturated rings. The molecule has 4 aromatic rings. The normalized spacial score (nSPS) is 15.3. The zero-order chi connectivity index (χ0) is 20.7. The Bertz CT molecular complexity index is 1310. The number of nitrogens with zero attached hydrogens (tertiary/aromatic N) is 5. The molecule has 1 aromatic carbocycles. The number of aromatic nitrogens is 5. The summed E-state index contributed by atoms with van der Waals surface area (Å²) in [7, 11) is 0. The standard InChI is InChI=1S/C24H24N6/c1-3-4-6-15(2)19-12-11-16-9-10-17(13-20(16)28-19)22-21-23(25)26-14-27-24(21)30(29-22)18-7-5-8-18/h3-4,6,9-14,18H,5,7-8H2,1-2H3,(H2,25,26,27)/b4-3-,15-6+. The van der Waals surface area contributed by atoms with Crippen LogP contribution in [-0.2, 0) is 0 Å². The van der Waals surface area contributed by atoms with Crippen LogP contribution < -0.4 is 5.73 Å². The average Bonchev–Trinajstić information content (AvgIpc) is 3.10. The van der Waals surface area contributed by atoms with E-state index in [1.807, 2.05) is 23.8 Å². The second-order valence-electron chi connectivity index (χ2n) is 7.81. The fourth-order valence-corrected chi connectivity index (χ4v) is 3.89. The number of nitrogens with two attached hydrogens (primary N) is 1. The molecular formula is C24H24N6. The molecule has 150 valence electrons. The lowest BCUT2D eigenvalue weighted by atomic mass is 9.93. The van der Waals surface area contributed by atoms with Gasteiger partial charge >= 0.3 is 0 Å². The Labute approximate surface area is 175 Å². The Kier molecular flexibility index (Phi) is 4.54. The lowest BCUT2D eigenvalue weighted by Crippen LogP contribution is -2.18. The first-order valence-electron chi connectivity index (χ1n) is 10.4. The number of benzene rings is 1. The molecule has 2 N–H and O–H groups in total. The van der Waals surface area contributed by atoms with Crippen molar-refractivity contribution in [1.29, 1.82) is 0 Å². The van der Waals surface area contributed by atoms with Gasteiger partial charge in [0.1, 0.15) is 17.8 Å². The van der Waals surface area contributed by atoms with Crippen molar-refractivity contribution in [3.63, 3.8) is 0 Å². The molecule has 0 amide bonds. The highest BCUT2D eigenvalue weighted by Gasteiger charge is 2.26. The van der Waals surface area contributed by atoms with Gasteiger partial charge in [0.2, 0.25) is 0 Å². The van der Waals surface area contributed by atoms with Crippen LogP contribution in [0.2, 0.25) is 0 Å². The summed E-state index contributed by atoms with van der Waals surface area (Å²) in [6.07, 6.45) is 11.1. The molecular weight excluding hydrogens is 372 g/mol. The molecule has 5 rings (SSSR count). The number of pyridine rings is 1. The van der Waals surface area contributed by atoms with Crippen molar-refractivity contribution in [2.45, 2.75) is 39.2 Å². The van der Waals surface area contributed by atoms with E-state index in [-0.39, 0.29) is 0 Å². The largest absolute Gasteiger partial charge is 0.383 e. The van der Waals surface area contributed by atoms with Crippen molar-refractivity contribution in [2.75, 3.05) is 5.73 Å². The second kappa shape index (κ2) is 7.37. The monoisotopic (exact) mass is 396 g/mol. The van der Waals surface area contributed by atoms with Crippen LogP contribution in [0.25, 0.3) is 38.8 Å². The molecule has 0 aliphatic heterocycles. The Morgan fingerprint density at radius 1 is 1.17 bits per heavy atom. The predicted molar refractivity (Wildman–Crippen MR) is 122 cm³/mol. The zero-order valence-electron chi connectivity index (χ0n) is 17.2. The molecule has 0 bridgehead atoms. The van der Waals surface area contributed by atoms with E-state index >= 15 is 0 Å². The maximum atomic E-state index is 6.26. The summed E-state index contributed by atoms with van der Waals surface area (Å²) in [5.41, 5.74) is 11.9. The maximum Gasteiger partial charge on any atom is 0.164 e. The maximum absolute atomic E-state index is 6.26. The third kappa shape index (κ3) is 3.05. The highest BCUT2D eigenvalue weighted by molar-refractivity contribution is 5.99. The van der Waals surface area contributed by atoms with Crippen LogP contribution in [0.15, 0.2) is 54.9 Å². The van der Waals surface area contributed by atoms with Crippen molar-refractivity contribution in [1.82, 2.24) is 24.7 Å². The summed E-state index contributed by atoms with van der Waals surface area (Å²) in [6.45, 7) is 4.08. The number of rotatable bonds is 4. The van der Waals surface area contributed by atoms with Crippen LogP contribution in [0.5, 0.6) is 0 Å². The van der Waals surface area contributed by atoms with Gasteiger partial charge in [-0.25, -0.2) is 19.6 Å². The minimum absolute atomic E-state index is 0.389. The lowest BCUT2D eigenvalue weighted by Gasteiger charge is -2.25. The number of nitrogen functional groups attached to an aromatic ring is 1. The van der Waals surface area contributed by atoms with Crippen molar-refractivity contribution in [3.8, 4) is 11.3 Å². The van der Waals surface area contributed by atoms with E-state index in [1.54, 1.807) is 0 Å². The third-order valence-electron chi connectivity index (χ3n) is 5.85. The molecule has 0 atom stereocenters. The van der Waals surface area contributed by atoms with Gasteiger partial charge in [0.05, 0.1) is 22.6 Å². The highest BCUT2D eigenvalue weighted by atomic mass is 15.3. The summed E-state index contributed by atoms with van der Waals surface area (Å²) in [5, 5.41) is 6.85. The topological polar surface area (TPSA) is 82.5 Å². The number of anilines is 1. The smallest absolute Gasteiger partial charge is 0.164 e. The van der Waals surface area contributed by atoms with E-state index < -0.39 is 0 Å². The zero-order valence-corrected chi connectivity index (χ0v) is 17.2. The molecule has 1 aliphatic carbocycles. The van der Waals surface area contributed by atoms with Gasteiger partial charge in [-0.05, 0) is 50.8 Å². The molecule has 1 aliphatic rings. The van der Waals surface area contributed by atoms with Crippen LogP contribution in [0, 0.1) is 0 Å². The van der Waals surface area contributed by atoms with Crippen LogP contribution in [0.3, 0.4) is 0 Å². The van der Waals surface area contributed by atoms with E-state index in [4.69, 9.17) is 15.8 Å². The highest BCUT2D eigenvalue weighted by Crippen LogP contribution is 2.38. The summed E-state index contributed by atoms with van der Waals surface area (Å²) in [6, 6.07) is 10.8. The lowest BCUT2D eigenvalue weighted by molar-refractivity contribution is 0.296. The van der Waals surface area contributed by atoms with Crippen LogP contribution in [0.1, 0.15) is 44.8 Å². The van der Waals surface area contributed by atoms with Gasteiger partial charge in [-0.3, -0.25) is 0 Å². The summed E-state index contributed by atoms with van der Waals surface area (Å²) in [5.74, 6) is 0.465. The van der Waals surface area contributed by atoms with Gasteiger partial charge < -0.3 is 5.73 Å². The van der Waals surface area contributed by atoms with Crippen molar-refractivity contribution >= 4 is 33.3 Å². The van der Waals surface area contributed by atoms with Crippen LogP contribution in [0.4, 0.5) is 5.82 Å². The Morgan fingerprint density at radius 2 is 2.00 bits per heavy atom. The number of hydrogen-bond acceptors (Lipinski definition) is 5. The minimum atomic E-state index is 0.389. The van der Waals surface area contributed by atoms with Gasteiger partial charge in [-0.15, -0.1) is 0 Å². The Morgan fingerprint density at radius 3 is 2.77 bits per heavy atom. The quantitative estimate of drug-likeness (QED) is 0.472. The number of allylic oxidation sites excluding steroid dienone is 4. The molecule has 0 saturated heterocycles. The summed E-state index contributed by atoms with van der Waals surface area (Å²) < 4.78 is 2.03. The molecule has 0 unspecified atom stereocenters. The van der Waals surface area contributed by atoms with E-state index in [0.717, 1.165) is 57.3 Å². The van der Waals surface area contributed by atoms with Gasteiger partial charge in [-0.2, -0.15) is 5.10 Å². The Hall–Kier alpha value is -3.54. The minimum Gasteiger partial charge on any atom is -0.383 e. The molecule has 6 nitrogen and oxygen atoms in total. The van der Waals surface area contributed by atoms with Crippen molar-refractivity contribution in [2.24, 2.45) is 0 Å². The Balaban J connectivity index is 1.67. The summed E-state index contributed by atoms with van der Waals surface area (Å²) in [4.78, 5) is 13.6. The van der Waals surface area contributed by atoms with Crippen LogP contribution in [-0.4, -0.2) is 24.7 Å². The third-order valence-corrected chi connectivity index (χ3v) is 5.85. The fraction of sp³-hybridized carbons (Fsp3) is 0.250. The van der Waals surface area contributed by atoms with Gasteiger partial charge in [-0.1, -0.05) is 36.4 Å². The SMILES string of the molecule is C/C=C\C=C(/C)c1ccc2ccc(-c3nn(C4CCC4)c4ncnc(N)c34)cc2n1. The number of hydrogen-bond donors (Lipinski definition) is 1. The molecule has 6 heteroatoms. The van der Waals surface area contributed by atoms with E-state index in [2.05, 4.69) is 53.3 Å². The first-order valence-corrected chi connectivity index (χ1v) is 10.4. The van der Waals surface area contributed by atoms with Gasteiger partial charge in [0, 0.05) is 10.9 Å². The van der Waals surface area contributed by atoms with Crippen molar-refractivity contribution in [3.05, 3.63) is 60.6 Å². The molecule has 0 radical (unpaired) electrons.